The van der Waals surface area contributed by atoms with E-state index in [4.69, 9.17) is 0 Å². The third kappa shape index (κ3) is 3.42. The van der Waals surface area contributed by atoms with E-state index in [1.165, 1.54) is 0 Å². The maximum Gasteiger partial charge on any atom is 0.561 e. The Kier molecular flexibility index (Phi) is 5.88. The molecule has 7 heteroatoms. The van der Waals surface area contributed by atoms with Gasteiger partial charge in [-0.15, -0.1) is 27.2 Å². The molecule has 0 unspecified atom stereocenters. The summed E-state index contributed by atoms with van der Waals surface area (Å²) in [5.74, 6) is -4.13. The Bertz CT molecular complexity index is 328. The molecular formula is C16H30F3N3P+. The van der Waals surface area contributed by atoms with Gasteiger partial charge in [-0.05, 0) is 38.5 Å². The van der Waals surface area contributed by atoms with Crippen molar-refractivity contribution in [2.75, 3.05) is 39.3 Å². The highest BCUT2D eigenvalue weighted by molar-refractivity contribution is 7.70. The van der Waals surface area contributed by atoms with Gasteiger partial charge in [0.05, 0.1) is 0 Å². The van der Waals surface area contributed by atoms with Crippen LogP contribution in [-0.2, 0) is 0 Å². The zero-order valence-electron chi connectivity index (χ0n) is 14.0. The van der Waals surface area contributed by atoms with Crippen molar-refractivity contribution in [1.29, 1.82) is 0 Å². The molecular weight excluding hydrogens is 322 g/mol. The molecule has 0 aliphatic carbocycles. The number of piperidine rings is 3. The summed E-state index contributed by atoms with van der Waals surface area (Å²) in [6.07, 6.45) is 8.73. The van der Waals surface area contributed by atoms with Crippen LogP contribution in [0.2, 0.25) is 0 Å². The Balaban J connectivity index is 1.99. The van der Waals surface area contributed by atoms with Gasteiger partial charge < -0.3 is 0 Å². The first kappa shape index (κ1) is 17.9. The lowest BCUT2D eigenvalue weighted by atomic mass is 10.2. The highest BCUT2D eigenvalue weighted by Crippen LogP contribution is 2.78. The van der Waals surface area contributed by atoms with Crippen LogP contribution in [-0.4, -0.2) is 59.2 Å². The molecule has 134 valence electrons. The third-order valence-corrected chi connectivity index (χ3v) is 9.77. The van der Waals surface area contributed by atoms with E-state index in [0.29, 0.717) is 39.3 Å². The third-order valence-electron chi connectivity index (χ3n) is 5.52. The van der Waals surface area contributed by atoms with Crippen molar-refractivity contribution in [2.24, 2.45) is 0 Å². The summed E-state index contributed by atoms with van der Waals surface area (Å²) < 4.78 is 49.6. The Morgan fingerprint density at radius 1 is 0.478 bits per heavy atom. The lowest BCUT2D eigenvalue weighted by molar-refractivity contribution is -0.0661. The molecule has 0 aromatic heterocycles. The van der Waals surface area contributed by atoms with Crippen molar-refractivity contribution in [2.45, 2.75) is 63.7 Å². The van der Waals surface area contributed by atoms with E-state index < -0.39 is 13.6 Å². The van der Waals surface area contributed by atoms with Crippen LogP contribution in [0.4, 0.5) is 13.2 Å². The maximum absolute atomic E-state index is 14.7. The topological polar surface area (TPSA) is 9.72 Å². The lowest BCUT2D eigenvalue weighted by Gasteiger charge is -2.49. The van der Waals surface area contributed by atoms with Gasteiger partial charge in [0, 0.05) is 39.3 Å². The van der Waals surface area contributed by atoms with Crippen molar-refractivity contribution in [3.63, 3.8) is 0 Å². The number of alkyl halides is 3. The van der Waals surface area contributed by atoms with E-state index in [-0.39, 0.29) is 0 Å². The van der Waals surface area contributed by atoms with Crippen molar-refractivity contribution < 1.29 is 13.2 Å². The van der Waals surface area contributed by atoms with Gasteiger partial charge in [0.1, 0.15) is 0 Å². The molecule has 3 saturated heterocycles. The smallest absolute Gasteiger partial charge is 0.140 e. The van der Waals surface area contributed by atoms with Crippen LogP contribution in [0.1, 0.15) is 57.8 Å². The highest BCUT2D eigenvalue weighted by atomic mass is 31.2. The van der Waals surface area contributed by atoms with E-state index in [1.54, 1.807) is 0 Å². The molecule has 0 saturated carbocycles. The summed E-state index contributed by atoms with van der Waals surface area (Å²) in [4.78, 5) is 0. The summed E-state index contributed by atoms with van der Waals surface area (Å²) in [7, 11) is -3.41. The molecule has 0 N–H and O–H groups in total. The van der Waals surface area contributed by atoms with E-state index in [0.717, 1.165) is 57.8 Å². The summed E-state index contributed by atoms with van der Waals surface area (Å²) in [5.41, 5.74) is 0. The average molecular weight is 352 g/mol. The standard InChI is InChI=1S/C16H30F3N3P/c17-16(18,19)23(20-10-4-1-5-11-20,21-12-6-2-7-13-21)22-14-8-3-9-15-22/h1-15H2/q+1. The Hall–Kier alpha value is 0.1000. The highest BCUT2D eigenvalue weighted by Gasteiger charge is 2.75. The van der Waals surface area contributed by atoms with E-state index in [9.17, 15) is 13.2 Å². The normalized spacial score (nSPS) is 27.3. The molecule has 3 aliphatic heterocycles. The van der Waals surface area contributed by atoms with E-state index >= 15 is 0 Å². The fourth-order valence-corrected chi connectivity index (χ4v) is 9.04. The van der Waals surface area contributed by atoms with Gasteiger partial charge in [-0.25, -0.2) is 0 Å². The molecule has 3 rings (SSSR count). The van der Waals surface area contributed by atoms with Gasteiger partial charge >= 0.3 is 13.6 Å². The summed E-state index contributed by atoms with van der Waals surface area (Å²) in [6.45, 7) is 3.75. The summed E-state index contributed by atoms with van der Waals surface area (Å²) >= 11 is 0. The van der Waals surface area contributed by atoms with Gasteiger partial charge in [-0.2, -0.15) is 0 Å². The molecule has 0 spiro atoms. The Morgan fingerprint density at radius 3 is 0.957 bits per heavy atom. The average Bonchev–Trinajstić information content (AvgIpc) is 2.57. The van der Waals surface area contributed by atoms with Crippen molar-refractivity contribution >= 4 is 7.71 Å². The quantitative estimate of drug-likeness (QED) is 0.680. The number of halogens is 3. The molecule has 3 aliphatic rings. The predicted octanol–water partition coefficient (Wildman–Crippen LogP) is 4.73. The Morgan fingerprint density at radius 2 is 0.739 bits per heavy atom. The first-order valence-corrected chi connectivity index (χ1v) is 10.9. The molecule has 23 heavy (non-hydrogen) atoms. The molecule has 0 amide bonds. The summed E-state index contributed by atoms with van der Waals surface area (Å²) in [6, 6.07) is 0. The lowest BCUT2D eigenvalue weighted by Crippen LogP contribution is -2.54. The van der Waals surface area contributed by atoms with Crippen LogP contribution in [0, 0.1) is 0 Å². The van der Waals surface area contributed by atoms with Crippen LogP contribution < -0.4 is 0 Å². The zero-order chi connectivity index (χ0) is 16.3. The molecule has 3 nitrogen and oxygen atoms in total. The van der Waals surface area contributed by atoms with Crippen LogP contribution >= 0.6 is 7.71 Å². The van der Waals surface area contributed by atoms with Gasteiger partial charge in [-0.1, -0.05) is 19.3 Å². The molecule has 3 heterocycles. The van der Waals surface area contributed by atoms with Gasteiger partial charge in [-0.3, -0.25) is 0 Å². The second kappa shape index (κ2) is 7.55. The van der Waals surface area contributed by atoms with Gasteiger partial charge in [0.25, 0.3) is 0 Å². The Labute approximate surface area is 138 Å². The van der Waals surface area contributed by atoms with E-state index in [2.05, 4.69) is 0 Å². The van der Waals surface area contributed by atoms with Crippen LogP contribution in [0.15, 0.2) is 0 Å². The van der Waals surface area contributed by atoms with E-state index in [1.807, 2.05) is 14.0 Å². The SMILES string of the molecule is FC(F)(F)[P+](N1CCCCC1)(N1CCCCC1)N1CCCCC1. The molecule has 0 aromatic carbocycles. The largest absolute Gasteiger partial charge is 0.561 e. The molecule has 0 radical (unpaired) electrons. The van der Waals surface area contributed by atoms with Gasteiger partial charge in [0.2, 0.25) is 0 Å². The fourth-order valence-electron chi connectivity index (χ4n) is 4.49. The second-order valence-electron chi connectivity index (χ2n) is 7.08. The molecule has 0 aromatic rings. The molecule has 0 bridgehead atoms. The maximum atomic E-state index is 14.7. The fraction of sp³-hybridized carbons (Fsp3) is 1.00. The molecule has 3 fully saturated rings. The first-order valence-electron chi connectivity index (χ1n) is 9.29. The monoisotopic (exact) mass is 352 g/mol. The number of hydrogen-bond donors (Lipinski definition) is 0. The first-order chi connectivity index (χ1) is 11.1. The van der Waals surface area contributed by atoms with Crippen molar-refractivity contribution in [3.05, 3.63) is 0 Å². The van der Waals surface area contributed by atoms with Crippen LogP contribution in [0.25, 0.3) is 0 Å². The predicted molar refractivity (Wildman–Crippen MR) is 89.2 cm³/mol. The van der Waals surface area contributed by atoms with Crippen LogP contribution in [0.3, 0.4) is 0 Å². The second-order valence-corrected chi connectivity index (χ2v) is 10.4. The van der Waals surface area contributed by atoms with Crippen molar-refractivity contribution in [3.8, 4) is 0 Å². The van der Waals surface area contributed by atoms with Crippen LogP contribution in [0.5, 0.6) is 0 Å². The number of hydrogen-bond acceptors (Lipinski definition) is 3. The zero-order valence-corrected chi connectivity index (χ0v) is 14.9. The number of nitrogens with zero attached hydrogens (tertiary/aromatic N) is 3. The minimum atomic E-state index is -4.13. The molecule has 0 atom stereocenters. The minimum Gasteiger partial charge on any atom is -0.140 e. The minimum absolute atomic E-state index is 0.625. The summed E-state index contributed by atoms with van der Waals surface area (Å²) in [5, 5.41) is 0. The number of rotatable bonds is 3. The van der Waals surface area contributed by atoms with Crippen molar-refractivity contribution in [1.82, 2.24) is 14.0 Å². The van der Waals surface area contributed by atoms with Gasteiger partial charge in [0.15, 0.2) is 0 Å².